The van der Waals surface area contributed by atoms with Crippen molar-refractivity contribution < 1.29 is 9.53 Å². The average molecular weight is 372 g/mol. The van der Waals surface area contributed by atoms with E-state index in [2.05, 4.69) is 28.2 Å². The fourth-order valence-electron chi connectivity index (χ4n) is 3.48. The van der Waals surface area contributed by atoms with Crippen molar-refractivity contribution in [3.05, 3.63) is 53.1 Å². The van der Waals surface area contributed by atoms with E-state index in [1.165, 1.54) is 0 Å². The highest BCUT2D eigenvalue weighted by atomic mass is 35.5. The first-order valence-corrected chi connectivity index (χ1v) is 9.26. The Hall–Kier alpha value is -2.24. The van der Waals surface area contributed by atoms with Crippen molar-refractivity contribution in [3.63, 3.8) is 0 Å². The quantitative estimate of drug-likeness (QED) is 0.900. The number of para-hydroxylation sites is 2. The van der Waals surface area contributed by atoms with E-state index < -0.39 is 6.10 Å². The summed E-state index contributed by atoms with van der Waals surface area (Å²) < 4.78 is 5.80. The maximum absolute atomic E-state index is 12.8. The Morgan fingerprint density at radius 2 is 1.92 bits per heavy atom. The van der Waals surface area contributed by atoms with Gasteiger partial charge in [-0.05, 0) is 42.9 Å². The molecule has 6 heteroatoms. The third-order valence-electron chi connectivity index (χ3n) is 5.00. The average Bonchev–Trinajstić information content (AvgIpc) is 3.06. The summed E-state index contributed by atoms with van der Waals surface area (Å²) in [5.74, 6) is 0.612. The fourth-order valence-corrected chi connectivity index (χ4v) is 3.67. The number of halogens is 1. The Balaban J connectivity index is 1.47. The molecule has 2 aliphatic heterocycles. The number of ether oxygens (including phenoxy) is 1. The summed E-state index contributed by atoms with van der Waals surface area (Å²) in [7, 11) is 2.13. The van der Waals surface area contributed by atoms with E-state index in [-0.39, 0.29) is 5.91 Å². The lowest BCUT2D eigenvalue weighted by molar-refractivity contribution is -0.122. The van der Waals surface area contributed by atoms with Crippen molar-refractivity contribution in [1.29, 1.82) is 0 Å². The second-order valence-electron chi connectivity index (χ2n) is 6.86. The van der Waals surface area contributed by atoms with E-state index >= 15 is 0 Å². The summed E-state index contributed by atoms with van der Waals surface area (Å²) in [6, 6.07) is 13.4. The minimum atomic E-state index is -0.524. The highest BCUT2D eigenvalue weighted by Gasteiger charge is 2.30. The van der Waals surface area contributed by atoms with Gasteiger partial charge in [0.05, 0.1) is 11.4 Å². The van der Waals surface area contributed by atoms with Crippen LogP contribution < -0.4 is 15.0 Å². The van der Waals surface area contributed by atoms with Gasteiger partial charge in [-0.2, -0.15) is 0 Å². The minimum absolute atomic E-state index is 0.126. The molecule has 1 atom stereocenters. The Kier molecular flexibility index (Phi) is 4.74. The molecule has 2 aromatic carbocycles. The van der Waals surface area contributed by atoms with Gasteiger partial charge in [-0.25, -0.2) is 0 Å². The molecule has 136 valence electrons. The normalized spacial score (nSPS) is 19.8. The van der Waals surface area contributed by atoms with Gasteiger partial charge < -0.3 is 19.9 Å². The number of carbonyl (C=O) groups excluding carboxylic acids is 1. The number of piperazine rings is 1. The molecule has 1 N–H and O–H groups in total. The molecule has 1 saturated heterocycles. The third kappa shape index (κ3) is 3.50. The second-order valence-corrected chi connectivity index (χ2v) is 7.30. The first-order valence-electron chi connectivity index (χ1n) is 8.88. The van der Waals surface area contributed by atoms with Gasteiger partial charge in [-0.3, -0.25) is 4.79 Å². The standard InChI is InChI=1S/C20H22ClN3O2/c1-23-8-10-24(11-9-23)17-5-3-2-4-16(17)22-20(25)19-13-14-12-15(21)6-7-18(14)26-19/h2-7,12,19H,8-11,13H2,1H3,(H,22,25). The molecule has 5 nitrogen and oxygen atoms in total. The Morgan fingerprint density at radius 1 is 1.15 bits per heavy atom. The van der Waals surface area contributed by atoms with Crippen LogP contribution in [0.1, 0.15) is 5.56 Å². The van der Waals surface area contributed by atoms with Crippen LogP contribution in [0.3, 0.4) is 0 Å². The van der Waals surface area contributed by atoms with E-state index in [0.29, 0.717) is 11.4 Å². The molecule has 2 aromatic rings. The number of hydrogen-bond donors (Lipinski definition) is 1. The van der Waals surface area contributed by atoms with Crippen molar-refractivity contribution in [3.8, 4) is 5.75 Å². The zero-order chi connectivity index (χ0) is 18.1. The van der Waals surface area contributed by atoms with Crippen LogP contribution in [0, 0.1) is 0 Å². The van der Waals surface area contributed by atoms with Crippen molar-refractivity contribution >= 4 is 28.9 Å². The molecular formula is C20H22ClN3O2. The van der Waals surface area contributed by atoms with E-state index in [1.54, 1.807) is 6.07 Å². The number of benzene rings is 2. The van der Waals surface area contributed by atoms with Gasteiger partial charge in [0.25, 0.3) is 5.91 Å². The molecule has 2 heterocycles. The molecule has 26 heavy (non-hydrogen) atoms. The molecule has 0 bridgehead atoms. The number of fused-ring (bicyclic) bond motifs is 1. The van der Waals surface area contributed by atoms with Crippen molar-refractivity contribution in [2.24, 2.45) is 0 Å². The Morgan fingerprint density at radius 3 is 2.73 bits per heavy atom. The van der Waals surface area contributed by atoms with E-state index in [4.69, 9.17) is 16.3 Å². The summed E-state index contributed by atoms with van der Waals surface area (Å²) in [6.07, 6.45) is 0.0160. The van der Waals surface area contributed by atoms with E-state index in [0.717, 1.165) is 48.9 Å². The lowest BCUT2D eigenvalue weighted by Gasteiger charge is -2.35. The number of likely N-dealkylation sites (N-methyl/N-ethyl adjacent to an activating group) is 1. The number of hydrogen-bond acceptors (Lipinski definition) is 4. The highest BCUT2D eigenvalue weighted by Crippen LogP contribution is 2.32. The molecular weight excluding hydrogens is 350 g/mol. The first-order chi connectivity index (χ1) is 12.6. The van der Waals surface area contributed by atoms with Crippen LogP contribution >= 0.6 is 11.6 Å². The zero-order valence-electron chi connectivity index (χ0n) is 14.7. The summed E-state index contributed by atoms with van der Waals surface area (Å²) in [5.41, 5.74) is 2.87. The van der Waals surface area contributed by atoms with Gasteiger partial charge >= 0.3 is 0 Å². The smallest absolute Gasteiger partial charge is 0.265 e. The molecule has 0 saturated carbocycles. The SMILES string of the molecule is CN1CCN(c2ccccc2NC(=O)C2Cc3cc(Cl)ccc3O2)CC1. The minimum Gasteiger partial charge on any atom is -0.480 e. The second kappa shape index (κ2) is 7.17. The molecule has 0 spiro atoms. The van der Waals surface area contributed by atoms with Crippen LogP contribution in [-0.2, 0) is 11.2 Å². The zero-order valence-corrected chi connectivity index (χ0v) is 15.5. The molecule has 0 aromatic heterocycles. The molecule has 1 fully saturated rings. The van der Waals surface area contributed by atoms with Gasteiger partial charge in [-0.15, -0.1) is 0 Å². The lowest BCUT2D eigenvalue weighted by atomic mass is 10.1. The summed E-state index contributed by atoms with van der Waals surface area (Å²) >= 11 is 6.03. The number of anilines is 2. The Bertz CT molecular complexity index is 818. The molecule has 0 radical (unpaired) electrons. The largest absolute Gasteiger partial charge is 0.480 e. The molecule has 0 aliphatic carbocycles. The van der Waals surface area contributed by atoms with Gasteiger partial charge in [0, 0.05) is 37.6 Å². The number of nitrogens with zero attached hydrogens (tertiary/aromatic N) is 2. The predicted molar refractivity (Wildman–Crippen MR) is 104 cm³/mol. The molecule has 4 rings (SSSR count). The van der Waals surface area contributed by atoms with Crippen LogP contribution in [0.25, 0.3) is 0 Å². The first kappa shape index (κ1) is 17.2. The molecule has 2 aliphatic rings. The van der Waals surface area contributed by atoms with Crippen LogP contribution in [0.4, 0.5) is 11.4 Å². The predicted octanol–water partition coefficient (Wildman–Crippen LogP) is 3.03. The van der Waals surface area contributed by atoms with Crippen LogP contribution in [0.5, 0.6) is 5.75 Å². The maximum Gasteiger partial charge on any atom is 0.265 e. The van der Waals surface area contributed by atoms with E-state index in [1.807, 2.05) is 30.3 Å². The highest BCUT2D eigenvalue weighted by molar-refractivity contribution is 6.30. The van der Waals surface area contributed by atoms with Gasteiger partial charge in [0.15, 0.2) is 6.10 Å². The topological polar surface area (TPSA) is 44.8 Å². The van der Waals surface area contributed by atoms with Gasteiger partial charge in [0.2, 0.25) is 0 Å². The van der Waals surface area contributed by atoms with Crippen LogP contribution in [0.2, 0.25) is 5.02 Å². The van der Waals surface area contributed by atoms with Gasteiger partial charge in [-0.1, -0.05) is 23.7 Å². The Labute approximate surface area is 158 Å². The van der Waals surface area contributed by atoms with Crippen molar-refractivity contribution in [2.75, 3.05) is 43.4 Å². The van der Waals surface area contributed by atoms with Gasteiger partial charge in [0.1, 0.15) is 5.75 Å². The molecule has 1 amide bonds. The summed E-state index contributed by atoms with van der Waals surface area (Å²) in [4.78, 5) is 17.4. The van der Waals surface area contributed by atoms with E-state index in [9.17, 15) is 4.79 Å². The van der Waals surface area contributed by atoms with Crippen molar-refractivity contribution in [1.82, 2.24) is 4.90 Å². The monoisotopic (exact) mass is 371 g/mol. The number of rotatable bonds is 3. The summed E-state index contributed by atoms with van der Waals surface area (Å²) in [5, 5.41) is 3.72. The number of nitrogens with one attached hydrogen (secondary N) is 1. The van der Waals surface area contributed by atoms with Crippen LogP contribution in [-0.4, -0.2) is 50.1 Å². The van der Waals surface area contributed by atoms with Crippen molar-refractivity contribution in [2.45, 2.75) is 12.5 Å². The fraction of sp³-hybridized carbons (Fsp3) is 0.350. The number of carbonyl (C=O) groups is 1. The maximum atomic E-state index is 12.8. The summed E-state index contributed by atoms with van der Waals surface area (Å²) in [6.45, 7) is 3.94. The lowest BCUT2D eigenvalue weighted by Crippen LogP contribution is -2.44. The molecule has 1 unspecified atom stereocenters. The van der Waals surface area contributed by atoms with Crippen LogP contribution in [0.15, 0.2) is 42.5 Å². The third-order valence-corrected chi connectivity index (χ3v) is 5.23. The number of amides is 1.